The topological polar surface area (TPSA) is 54.0 Å². The first-order valence-electron chi connectivity index (χ1n) is 7.25. The van der Waals surface area contributed by atoms with Crippen molar-refractivity contribution in [3.63, 3.8) is 0 Å². The van der Waals surface area contributed by atoms with Crippen molar-refractivity contribution < 1.29 is 14.3 Å². The van der Waals surface area contributed by atoms with Gasteiger partial charge in [-0.2, -0.15) is 0 Å². The number of fused-ring (bicyclic) bond motifs is 1. The van der Waals surface area contributed by atoms with E-state index in [0.717, 1.165) is 32.7 Å². The molecule has 2 aliphatic heterocycles. The molecule has 2 atom stereocenters. The number of rotatable bonds is 5. The first-order valence-corrected chi connectivity index (χ1v) is 7.25. The highest BCUT2D eigenvalue weighted by molar-refractivity contribution is 5.74. The van der Waals surface area contributed by atoms with Gasteiger partial charge in [-0.25, -0.2) is 4.79 Å². The van der Waals surface area contributed by atoms with Crippen molar-refractivity contribution in [2.75, 3.05) is 53.0 Å². The third-order valence-electron chi connectivity index (χ3n) is 3.91. The highest BCUT2D eigenvalue weighted by atomic mass is 16.5. The van der Waals surface area contributed by atoms with Crippen LogP contribution in [0.15, 0.2) is 12.7 Å². The van der Waals surface area contributed by atoms with Gasteiger partial charge >= 0.3 is 6.03 Å². The van der Waals surface area contributed by atoms with Gasteiger partial charge in [0.2, 0.25) is 0 Å². The Labute approximate surface area is 120 Å². The average molecular weight is 283 g/mol. The Kier molecular flexibility index (Phi) is 5.82. The van der Waals surface area contributed by atoms with E-state index in [1.165, 1.54) is 0 Å². The molecule has 6 heteroatoms. The van der Waals surface area contributed by atoms with E-state index in [1.807, 2.05) is 4.90 Å². The van der Waals surface area contributed by atoms with E-state index in [1.54, 1.807) is 6.08 Å². The summed E-state index contributed by atoms with van der Waals surface area (Å²) in [7, 11) is 2.10. The van der Waals surface area contributed by atoms with Crippen LogP contribution in [0.4, 0.5) is 4.79 Å². The van der Waals surface area contributed by atoms with Crippen LogP contribution in [-0.4, -0.2) is 81.0 Å². The van der Waals surface area contributed by atoms with Crippen LogP contribution in [-0.2, 0) is 9.47 Å². The van der Waals surface area contributed by atoms with Gasteiger partial charge in [0, 0.05) is 26.2 Å². The van der Waals surface area contributed by atoms with Crippen LogP contribution in [0.2, 0.25) is 0 Å². The van der Waals surface area contributed by atoms with E-state index in [0.29, 0.717) is 25.8 Å². The molecule has 0 radical (unpaired) electrons. The van der Waals surface area contributed by atoms with E-state index < -0.39 is 0 Å². The number of morpholine rings is 1. The zero-order chi connectivity index (χ0) is 14.4. The molecular formula is C14H25N3O3. The summed E-state index contributed by atoms with van der Waals surface area (Å²) in [5.41, 5.74) is 0. The lowest BCUT2D eigenvalue weighted by Gasteiger charge is -2.45. The summed E-state index contributed by atoms with van der Waals surface area (Å²) in [6, 6.07) is 0.310. The quantitative estimate of drug-likeness (QED) is 0.582. The number of hydrogen-bond acceptors (Lipinski definition) is 4. The number of urea groups is 1. The Hall–Kier alpha value is -1.11. The van der Waals surface area contributed by atoms with Crippen LogP contribution in [0.3, 0.4) is 0 Å². The Bertz CT molecular complexity index is 338. The molecule has 6 nitrogen and oxygen atoms in total. The summed E-state index contributed by atoms with van der Waals surface area (Å²) >= 11 is 0. The van der Waals surface area contributed by atoms with Gasteiger partial charge in [0.1, 0.15) is 0 Å². The third-order valence-corrected chi connectivity index (χ3v) is 3.91. The van der Waals surface area contributed by atoms with E-state index in [2.05, 4.69) is 23.8 Å². The van der Waals surface area contributed by atoms with Gasteiger partial charge in [0.15, 0.2) is 0 Å². The number of hydrogen-bond donors (Lipinski definition) is 1. The van der Waals surface area contributed by atoms with E-state index in [-0.39, 0.29) is 12.1 Å². The Morgan fingerprint density at radius 1 is 1.55 bits per heavy atom. The number of likely N-dealkylation sites (N-methyl/N-ethyl adjacent to an activating group) is 1. The number of nitrogens with zero attached hydrogens (tertiary/aromatic N) is 2. The normalized spacial score (nSPS) is 26.9. The fourth-order valence-electron chi connectivity index (χ4n) is 2.73. The highest BCUT2D eigenvalue weighted by Gasteiger charge is 2.36. The zero-order valence-corrected chi connectivity index (χ0v) is 12.2. The van der Waals surface area contributed by atoms with Crippen LogP contribution >= 0.6 is 0 Å². The predicted octanol–water partition coefficient (Wildman–Crippen LogP) is 0.304. The van der Waals surface area contributed by atoms with Gasteiger partial charge < -0.3 is 19.7 Å². The lowest BCUT2D eigenvalue weighted by Crippen LogP contribution is -2.60. The van der Waals surface area contributed by atoms with Crippen molar-refractivity contribution in [1.29, 1.82) is 0 Å². The molecule has 0 aliphatic carbocycles. The monoisotopic (exact) mass is 283 g/mol. The first-order chi connectivity index (χ1) is 9.72. The second-order valence-corrected chi connectivity index (χ2v) is 5.29. The maximum Gasteiger partial charge on any atom is 0.317 e. The summed E-state index contributed by atoms with van der Waals surface area (Å²) in [6.45, 7) is 8.37. The van der Waals surface area contributed by atoms with Crippen molar-refractivity contribution in [3.8, 4) is 0 Å². The van der Waals surface area contributed by atoms with Crippen molar-refractivity contribution in [2.45, 2.75) is 18.6 Å². The van der Waals surface area contributed by atoms with E-state index in [9.17, 15) is 4.79 Å². The third kappa shape index (κ3) is 3.94. The number of piperidine rings is 1. The van der Waals surface area contributed by atoms with Crippen molar-refractivity contribution in [1.82, 2.24) is 15.1 Å². The summed E-state index contributed by atoms with van der Waals surface area (Å²) in [5, 5.41) is 2.89. The number of nitrogens with one attached hydrogen (secondary N) is 1. The molecule has 2 aliphatic rings. The molecule has 0 bridgehead atoms. The first kappa shape index (κ1) is 15.3. The van der Waals surface area contributed by atoms with Gasteiger partial charge in [-0.1, -0.05) is 6.08 Å². The number of carbonyl (C=O) groups is 1. The van der Waals surface area contributed by atoms with Crippen LogP contribution in [0.1, 0.15) is 6.42 Å². The average Bonchev–Trinajstić information content (AvgIpc) is 2.47. The Balaban J connectivity index is 1.72. The maximum atomic E-state index is 12.1. The van der Waals surface area contributed by atoms with Crippen LogP contribution < -0.4 is 5.32 Å². The molecule has 0 saturated carbocycles. The molecule has 2 fully saturated rings. The van der Waals surface area contributed by atoms with Crippen LogP contribution in [0.5, 0.6) is 0 Å². The SMILES string of the molecule is C=CCOCCNC(=O)N1CC[C@@H]2OCCN(C)[C@@H]2C1. The van der Waals surface area contributed by atoms with E-state index >= 15 is 0 Å². The highest BCUT2D eigenvalue weighted by Crippen LogP contribution is 2.21. The second kappa shape index (κ2) is 7.61. The van der Waals surface area contributed by atoms with Gasteiger partial charge in [0.25, 0.3) is 0 Å². The molecule has 0 aromatic heterocycles. The molecule has 2 heterocycles. The molecule has 20 heavy (non-hydrogen) atoms. The van der Waals surface area contributed by atoms with Gasteiger partial charge in [-0.3, -0.25) is 4.90 Å². The molecule has 0 aromatic rings. The lowest BCUT2D eigenvalue weighted by atomic mass is 9.99. The number of carbonyl (C=O) groups excluding carboxylic acids is 1. The summed E-state index contributed by atoms with van der Waals surface area (Å²) < 4.78 is 11.0. The fraction of sp³-hybridized carbons (Fsp3) is 0.786. The maximum absolute atomic E-state index is 12.1. The number of ether oxygens (including phenoxy) is 2. The zero-order valence-electron chi connectivity index (χ0n) is 12.2. The minimum Gasteiger partial charge on any atom is -0.376 e. The number of likely N-dealkylation sites (tertiary alicyclic amines) is 1. The Morgan fingerprint density at radius 2 is 2.40 bits per heavy atom. The molecule has 2 saturated heterocycles. The van der Waals surface area contributed by atoms with Gasteiger partial charge in [-0.15, -0.1) is 6.58 Å². The van der Waals surface area contributed by atoms with Crippen molar-refractivity contribution in [2.24, 2.45) is 0 Å². The smallest absolute Gasteiger partial charge is 0.317 e. The van der Waals surface area contributed by atoms with Crippen molar-refractivity contribution in [3.05, 3.63) is 12.7 Å². The van der Waals surface area contributed by atoms with Crippen molar-refractivity contribution >= 4 is 6.03 Å². The molecular weight excluding hydrogens is 258 g/mol. The minimum absolute atomic E-state index is 0.00961. The standard InChI is InChI=1S/C14H25N3O3/c1-3-8-19-9-5-15-14(18)17-6-4-13-12(11-17)16(2)7-10-20-13/h3,12-13H,1,4-11H2,2H3,(H,15,18)/t12-,13+/m1/s1. The lowest BCUT2D eigenvalue weighted by molar-refractivity contribution is -0.0881. The number of amides is 2. The molecule has 2 rings (SSSR count). The Morgan fingerprint density at radius 3 is 3.20 bits per heavy atom. The molecule has 0 unspecified atom stereocenters. The molecule has 1 N–H and O–H groups in total. The summed E-state index contributed by atoms with van der Waals surface area (Å²) in [6.07, 6.45) is 2.88. The fourth-order valence-corrected chi connectivity index (χ4v) is 2.73. The van der Waals surface area contributed by atoms with Gasteiger partial charge in [-0.05, 0) is 13.5 Å². The second-order valence-electron chi connectivity index (χ2n) is 5.29. The molecule has 0 spiro atoms. The summed E-state index contributed by atoms with van der Waals surface area (Å²) in [5.74, 6) is 0. The van der Waals surface area contributed by atoms with Crippen LogP contribution in [0, 0.1) is 0 Å². The van der Waals surface area contributed by atoms with Crippen LogP contribution in [0.25, 0.3) is 0 Å². The summed E-state index contributed by atoms with van der Waals surface area (Å²) in [4.78, 5) is 16.3. The molecule has 2 amide bonds. The molecule has 114 valence electrons. The minimum atomic E-state index is -0.00961. The predicted molar refractivity (Wildman–Crippen MR) is 76.8 cm³/mol. The molecule has 0 aromatic carbocycles. The van der Waals surface area contributed by atoms with Gasteiger partial charge in [0.05, 0.1) is 32.0 Å². The van der Waals surface area contributed by atoms with E-state index in [4.69, 9.17) is 9.47 Å². The largest absolute Gasteiger partial charge is 0.376 e.